The summed E-state index contributed by atoms with van der Waals surface area (Å²) in [7, 11) is 0. The number of allylic oxidation sites excluding steroid dienone is 1. The third kappa shape index (κ3) is 4.06. The van der Waals surface area contributed by atoms with Crippen LogP contribution in [0.3, 0.4) is 0 Å². The zero-order chi connectivity index (χ0) is 14.5. The molecule has 106 valence electrons. The second-order valence-corrected chi connectivity index (χ2v) is 4.18. The lowest BCUT2D eigenvalue weighted by molar-refractivity contribution is -0.140. The van der Waals surface area contributed by atoms with E-state index in [1.807, 2.05) is 6.92 Å². The van der Waals surface area contributed by atoms with E-state index in [2.05, 4.69) is 11.9 Å². The molecule has 1 rings (SSSR count). The highest BCUT2D eigenvalue weighted by Gasteiger charge is 2.35. The van der Waals surface area contributed by atoms with Crippen molar-refractivity contribution in [3.8, 4) is 0 Å². The van der Waals surface area contributed by atoms with Gasteiger partial charge >= 0.3 is 6.18 Å². The molecule has 1 atom stereocenters. The van der Waals surface area contributed by atoms with Crippen molar-refractivity contribution in [3.63, 3.8) is 0 Å². The number of halogens is 4. The van der Waals surface area contributed by atoms with E-state index in [1.54, 1.807) is 6.08 Å². The summed E-state index contributed by atoms with van der Waals surface area (Å²) in [5, 5.41) is 3.00. The molecule has 0 spiro atoms. The number of alkyl halides is 3. The molecule has 1 N–H and O–H groups in total. The molecule has 0 heterocycles. The first-order valence-corrected chi connectivity index (χ1v) is 6.11. The van der Waals surface area contributed by atoms with Gasteiger partial charge in [-0.1, -0.05) is 25.1 Å². The molecule has 0 fully saturated rings. The van der Waals surface area contributed by atoms with E-state index in [4.69, 9.17) is 0 Å². The molecule has 0 saturated heterocycles. The molecule has 0 radical (unpaired) electrons. The number of nitrogens with one attached hydrogen (secondary N) is 1. The largest absolute Gasteiger partial charge is 0.419 e. The van der Waals surface area contributed by atoms with E-state index < -0.39 is 23.6 Å². The molecule has 0 bridgehead atoms. The normalized spacial score (nSPS) is 13.3. The molecule has 0 aliphatic carbocycles. The molecule has 19 heavy (non-hydrogen) atoms. The second-order valence-electron chi connectivity index (χ2n) is 4.18. The van der Waals surface area contributed by atoms with E-state index >= 15 is 0 Å². The lowest BCUT2D eigenvalue weighted by Gasteiger charge is -2.20. The van der Waals surface area contributed by atoms with Crippen LogP contribution >= 0.6 is 0 Å². The molecular formula is C14H17F4N. The van der Waals surface area contributed by atoms with Gasteiger partial charge in [0.05, 0.1) is 5.56 Å². The van der Waals surface area contributed by atoms with Crippen molar-refractivity contribution in [1.82, 2.24) is 5.32 Å². The Morgan fingerprint density at radius 2 is 2.05 bits per heavy atom. The quantitative estimate of drug-likeness (QED) is 0.597. The van der Waals surface area contributed by atoms with Gasteiger partial charge < -0.3 is 5.32 Å². The van der Waals surface area contributed by atoms with Crippen molar-refractivity contribution in [3.05, 3.63) is 47.8 Å². The molecule has 1 unspecified atom stereocenters. The van der Waals surface area contributed by atoms with Crippen molar-refractivity contribution < 1.29 is 17.6 Å². The number of benzene rings is 1. The predicted octanol–water partition coefficient (Wildman–Crippen LogP) is 4.46. The molecular weight excluding hydrogens is 258 g/mol. The van der Waals surface area contributed by atoms with Crippen molar-refractivity contribution in [2.75, 3.05) is 6.54 Å². The monoisotopic (exact) mass is 275 g/mol. The highest BCUT2D eigenvalue weighted by Crippen LogP contribution is 2.34. The average molecular weight is 275 g/mol. The van der Waals surface area contributed by atoms with Crippen LogP contribution in [-0.4, -0.2) is 6.54 Å². The molecule has 1 aromatic rings. The van der Waals surface area contributed by atoms with Crippen LogP contribution in [0.15, 0.2) is 30.9 Å². The summed E-state index contributed by atoms with van der Waals surface area (Å²) < 4.78 is 51.9. The Morgan fingerprint density at radius 1 is 1.37 bits per heavy atom. The van der Waals surface area contributed by atoms with Gasteiger partial charge in [0, 0.05) is 11.6 Å². The van der Waals surface area contributed by atoms with E-state index in [1.165, 1.54) is 12.1 Å². The molecule has 0 aliphatic rings. The zero-order valence-corrected chi connectivity index (χ0v) is 10.7. The average Bonchev–Trinajstić information content (AvgIpc) is 2.33. The Balaban J connectivity index is 3.12. The van der Waals surface area contributed by atoms with Crippen LogP contribution in [0.4, 0.5) is 17.6 Å². The van der Waals surface area contributed by atoms with Crippen LogP contribution < -0.4 is 5.32 Å². The minimum Gasteiger partial charge on any atom is -0.310 e. The van der Waals surface area contributed by atoms with Crippen molar-refractivity contribution in [2.24, 2.45) is 0 Å². The fourth-order valence-corrected chi connectivity index (χ4v) is 1.94. The first-order valence-electron chi connectivity index (χ1n) is 6.11. The summed E-state index contributed by atoms with van der Waals surface area (Å²) in [6.45, 7) is 5.94. The van der Waals surface area contributed by atoms with E-state index in [0.717, 1.165) is 6.07 Å². The first kappa shape index (κ1) is 15.7. The van der Waals surface area contributed by atoms with Crippen molar-refractivity contribution in [2.45, 2.75) is 32.0 Å². The summed E-state index contributed by atoms with van der Waals surface area (Å²) in [5.74, 6) is -1.19. The molecule has 5 heteroatoms. The second kappa shape index (κ2) is 6.70. The maximum Gasteiger partial charge on any atom is 0.419 e. The Morgan fingerprint density at radius 3 is 2.58 bits per heavy atom. The van der Waals surface area contributed by atoms with Gasteiger partial charge in [-0.2, -0.15) is 13.2 Å². The van der Waals surface area contributed by atoms with Gasteiger partial charge in [0.1, 0.15) is 5.82 Å². The Labute approximate surface area is 110 Å². The maximum atomic E-state index is 14.0. The fraction of sp³-hybridized carbons (Fsp3) is 0.429. The van der Waals surface area contributed by atoms with Crippen LogP contribution in [0.25, 0.3) is 0 Å². The number of rotatable bonds is 6. The van der Waals surface area contributed by atoms with Crippen LogP contribution in [0.1, 0.15) is 36.9 Å². The lowest BCUT2D eigenvalue weighted by Crippen LogP contribution is -2.23. The molecule has 0 aliphatic heterocycles. The SMILES string of the molecule is C=CCCC(NCC)c1cccc(C(F)(F)F)c1F. The minimum absolute atomic E-state index is 0.0542. The lowest BCUT2D eigenvalue weighted by atomic mass is 9.98. The highest BCUT2D eigenvalue weighted by molar-refractivity contribution is 5.30. The summed E-state index contributed by atoms with van der Waals surface area (Å²) in [6.07, 6.45) is -1.89. The van der Waals surface area contributed by atoms with Gasteiger partial charge in [0.2, 0.25) is 0 Å². The topological polar surface area (TPSA) is 12.0 Å². The van der Waals surface area contributed by atoms with Gasteiger partial charge in [0.15, 0.2) is 0 Å². The number of hydrogen-bond acceptors (Lipinski definition) is 1. The van der Waals surface area contributed by atoms with Gasteiger partial charge in [-0.15, -0.1) is 6.58 Å². The smallest absolute Gasteiger partial charge is 0.310 e. The van der Waals surface area contributed by atoms with Crippen LogP contribution in [0.5, 0.6) is 0 Å². The van der Waals surface area contributed by atoms with Gasteiger partial charge in [0.25, 0.3) is 0 Å². The summed E-state index contributed by atoms with van der Waals surface area (Å²) >= 11 is 0. The number of hydrogen-bond donors (Lipinski definition) is 1. The summed E-state index contributed by atoms with van der Waals surface area (Å²) in [4.78, 5) is 0. The maximum absolute atomic E-state index is 14.0. The van der Waals surface area contributed by atoms with Crippen LogP contribution in [0.2, 0.25) is 0 Å². The zero-order valence-electron chi connectivity index (χ0n) is 10.7. The Kier molecular flexibility index (Phi) is 5.54. The van der Waals surface area contributed by atoms with Gasteiger partial charge in [-0.05, 0) is 25.5 Å². The van der Waals surface area contributed by atoms with Gasteiger partial charge in [-0.25, -0.2) is 4.39 Å². The highest BCUT2D eigenvalue weighted by atomic mass is 19.4. The molecule has 0 saturated carbocycles. The Bertz CT molecular complexity index is 426. The van der Waals surface area contributed by atoms with Gasteiger partial charge in [-0.3, -0.25) is 0 Å². The minimum atomic E-state index is -4.67. The van der Waals surface area contributed by atoms with Crippen LogP contribution in [0, 0.1) is 5.82 Å². The van der Waals surface area contributed by atoms with Crippen molar-refractivity contribution >= 4 is 0 Å². The van der Waals surface area contributed by atoms with E-state index in [9.17, 15) is 17.6 Å². The van der Waals surface area contributed by atoms with Crippen molar-refractivity contribution in [1.29, 1.82) is 0 Å². The summed E-state index contributed by atoms with van der Waals surface area (Å²) in [5.41, 5.74) is -1.16. The third-order valence-corrected chi connectivity index (χ3v) is 2.82. The van der Waals surface area contributed by atoms with E-state index in [0.29, 0.717) is 19.4 Å². The van der Waals surface area contributed by atoms with E-state index in [-0.39, 0.29) is 5.56 Å². The standard InChI is InChI=1S/C14H17F4N/c1-3-5-9-12(19-4-2)10-7-6-8-11(13(10)15)14(16,17)18/h3,6-8,12,19H,1,4-5,9H2,2H3. The summed E-state index contributed by atoms with van der Waals surface area (Å²) in [6, 6.07) is 2.95. The molecule has 1 nitrogen and oxygen atoms in total. The molecule has 0 amide bonds. The predicted molar refractivity (Wildman–Crippen MR) is 67.3 cm³/mol. The molecule has 1 aromatic carbocycles. The van der Waals surface area contributed by atoms with Crippen LogP contribution in [-0.2, 0) is 6.18 Å². The third-order valence-electron chi connectivity index (χ3n) is 2.82. The Hall–Kier alpha value is -1.36. The first-order chi connectivity index (χ1) is 8.91. The fourth-order valence-electron chi connectivity index (χ4n) is 1.94. The molecule has 0 aromatic heterocycles.